The highest BCUT2D eigenvalue weighted by Crippen LogP contribution is 2.50. The summed E-state index contributed by atoms with van der Waals surface area (Å²) < 4.78 is 0. The Bertz CT molecular complexity index is 394. The monoisotopic (exact) mass is 281 g/mol. The quantitative estimate of drug-likeness (QED) is 0.696. The fourth-order valence-corrected chi connectivity index (χ4v) is 3.75. The van der Waals surface area contributed by atoms with E-state index in [1.165, 1.54) is 19.3 Å². The molecule has 0 aliphatic heterocycles. The van der Waals surface area contributed by atoms with Gasteiger partial charge < -0.3 is 16.4 Å². The number of hydrogen-bond donors (Lipinski definition) is 3. The lowest BCUT2D eigenvalue weighted by molar-refractivity contribution is -0.132. The first kappa shape index (κ1) is 15.3. The van der Waals surface area contributed by atoms with Gasteiger partial charge in [0, 0.05) is 6.54 Å². The molecule has 0 aromatic heterocycles. The largest absolute Gasteiger partial charge is 0.369 e. The van der Waals surface area contributed by atoms with Crippen LogP contribution >= 0.6 is 0 Å². The molecule has 114 valence electrons. The Balaban J connectivity index is 2.04. The molecule has 2 amide bonds. The van der Waals surface area contributed by atoms with Gasteiger partial charge in [0.15, 0.2) is 0 Å². The molecule has 2 fully saturated rings. The Morgan fingerprint density at radius 2 is 1.80 bits per heavy atom. The molecule has 2 rings (SSSR count). The Labute approximate surface area is 121 Å². The van der Waals surface area contributed by atoms with Gasteiger partial charge in [-0.15, -0.1) is 0 Å². The molecule has 2 aliphatic rings. The minimum atomic E-state index is -0.632. The van der Waals surface area contributed by atoms with Crippen LogP contribution in [0.5, 0.6) is 0 Å². The molecule has 0 saturated heterocycles. The standard InChI is InChI=1S/C15H27N3O2/c1-14(2,17-3)13(20)18-9-15(12(16)19)7-10-4-5-11(6-10)8-15/h10-11,17H,4-9H2,1-3H3,(H2,16,19)(H,18,20)/t10-,11+,15?. The number of amides is 2. The van der Waals surface area contributed by atoms with E-state index in [1.54, 1.807) is 7.05 Å². The van der Waals surface area contributed by atoms with Crippen molar-refractivity contribution in [1.29, 1.82) is 0 Å². The lowest BCUT2D eigenvalue weighted by Crippen LogP contribution is -2.56. The minimum absolute atomic E-state index is 0.0847. The highest BCUT2D eigenvalue weighted by atomic mass is 16.2. The lowest BCUT2D eigenvalue weighted by Gasteiger charge is -2.39. The third-order valence-corrected chi connectivity index (χ3v) is 5.31. The lowest BCUT2D eigenvalue weighted by atomic mass is 9.68. The van der Waals surface area contributed by atoms with E-state index in [2.05, 4.69) is 10.6 Å². The van der Waals surface area contributed by atoms with E-state index >= 15 is 0 Å². The number of nitrogens with two attached hydrogens (primary N) is 1. The summed E-state index contributed by atoms with van der Waals surface area (Å²) in [5.41, 5.74) is 4.51. The fourth-order valence-electron chi connectivity index (χ4n) is 3.75. The van der Waals surface area contributed by atoms with Crippen molar-refractivity contribution in [2.45, 2.75) is 51.5 Å². The van der Waals surface area contributed by atoms with Crippen LogP contribution in [0.4, 0.5) is 0 Å². The SMILES string of the molecule is CNC(C)(C)C(=O)NCC1(C(N)=O)C[C@@H]2CC[C@@H](C2)C1. The summed E-state index contributed by atoms with van der Waals surface area (Å²) in [6.07, 6.45) is 5.30. The van der Waals surface area contributed by atoms with Gasteiger partial charge >= 0.3 is 0 Å². The molecule has 20 heavy (non-hydrogen) atoms. The first-order chi connectivity index (χ1) is 9.29. The Morgan fingerprint density at radius 3 is 2.25 bits per heavy atom. The van der Waals surface area contributed by atoms with Crippen molar-refractivity contribution in [3.05, 3.63) is 0 Å². The Kier molecular flexibility index (Phi) is 4.09. The van der Waals surface area contributed by atoms with Crippen LogP contribution < -0.4 is 16.4 Å². The summed E-state index contributed by atoms with van der Waals surface area (Å²) in [5.74, 6) is 0.876. The number of nitrogens with one attached hydrogen (secondary N) is 2. The van der Waals surface area contributed by atoms with E-state index in [0.717, 1.165) is 12.8 Å². The zero-order valence-electron chi connectivity index (χ0n) is 12.8. The van der Waals surface area contributed by atoms with Crippen LogP contribution in [0.2, 0.25) is 0 Å². The van der Waals surface area contributed by atoms with Gasteiger partial charge in [-0.3, -0.25) is 9.59 Å². The zero-order chi connectivity index (χ0) is 15.0. The van der Waals surface area contributed by atoms with Crippen molar-refractivity contribution in [3.8, 4) is 0 Å². The molecule has 4 N–H and O–H groups in total. The van der Waals surface area contributed by atoms with Gasteiger partial charge in [0.1, 0.15) is 0 Å². The summed E-state index contributed by atoms with van der Waals surface area (Å²) in [4.78, 5) is 24.1. The van der Waals surface area contributed by atoms with Crippen LogP contribution in [-0.2, 0) is 9.59 Å². The molecule has 3 atom stereocenters. The van der Waals surface area contributed by atoms with E-state index in [-0.39, 0.29) is 11.8 Å². The molecule has 2 bridgehead atoms. The molecule has 5 nitrogen and oxygen atoms in total. The van der Waals surface area contributed by atoms with Gasteiger partial charge in [-0.25, -0.2) is 0 Å². The molecular formula is C15H27N3O2. The van der Waals surface area contributed by atoms with Crippen molar-refractivity contribution >= 4 is 11.8 Å². The van der Waals surface area contributed by atoms with Gasteiger partial charge in [-0.05, 0) is 52.0 Å². The van der Waals surface area contributed by atoms with Gasteiger partial charge in [-0.2, -0.15) is 0 Å². The minimum Gasteiger partial charge on any atom is -0.369 e. The number of rotatable bonds is 5. The summed E-state index contributed by atoms with van der Waals surface area (Å²) in [6, 6.07) is 0. The zero-order valence-corrected chi connectivity index (χ0v) is 12.8. The van der Waals surface area contributed by atoms with E-state index in [4.69, 9.17) is 5.73 Å². The van der Waals surface area contributed by atoms with Crippen molar-refractivity contribution in [1.82, 2.24) is 10.6 Å². The van der Waals surface area contributed by atoms with E-state index in [0.29, 0.717) is 18.4 Å². The van der Waals surface area contributed by atoms with Crippen LogP contribution in [-0.4, -0.2) is 30.9 Å². The average Bonchev–Trinajstić information content (AvgIpc) is 2.75. The van der Waals surface area contributed by atoms with Gasteiger partial charge in [0.05, 0.1) is 11.0 Å². The average molecular weight is 281 g/mol. The molecule has 1 unspecified atom stereocenters. The highest BCUT2D eigenvalue weighted by Gasteiger charge is 2.48. The topological polar surface area (TPSA) is 84.2 Å². The number of likely N-dealkylation sites (N-methyl/N-ethyl adjacent to an activating group) is 1. The molecule has 2 aliphatic carbocycles. The number of carbonyl (C=O) groups excluding carboxylic acids is 2. The Hall–Kier alpha value is -1.10. The van der Waals surface area contributed by atoms with Gasteiger partial charge in [0.2, 0.25) is 11.8 Å². The highest BCUT2D eigenvalue weighted by molar-refractivity contribution is 5.87. The first-order valence-corrected chi connectivity index (χ1v) is 7.56. The van der Waals surface area contributed by atoms with Crippen LogP contribution in [0, 0.1) is 17.3 Å². The number of carbonyl (C=O) groups is 2. The predicted molar refractivity (Wildman–Crippen MR) is 77.8 cm³/mol. The van der Waals surface area contributed by atoms with Crippen molar-refractivity contribution in [2.24, 2.45) is 23.0 Å². The molecule has 0 aromatic carbocycles. The van der Waals surface area contributed by atoms with Crippen molar-refractivity contribution < 1.29 is 9.59 Å². The van der Waals surface area contributed by atoms with Crippen LogP contribution in [0.1, 0.15) is 46.0 Å². The predicted octanol–water partition coefficient (Wildman–Crippen LogP) is 0.782. The maximum atomic E-state index is 12.2. The smallest absolute Gasteiger partial charge is 0.239 e. The second-order valence-electron chi connectivity index (χ2n) is 7.16. The molecule has 0 heterocycles. The third-order valence-electron chi connectivity index (χ3n) is 5.31. The molecule has 2 saturated carbocycles. The normalized spacial score (nSPS) is 33.0. The second kappa shape index (κ2) is 5.35. The summed E-state index contributed by atoms with van der Waals surface area (Å²) in [5, 5.41) is 5.90. The molecule has 0 spiro atoms. The first-order valence-electron chi connectivity index (χ1n) is 7.56. The van der Waals surface area contributed by atoms with Crippen molar-refractivity contribution in [3.63, 3.8) is 0 Å². The summed E-state index contributed by atoms with van der Waals surface area (Å²) in [7, 11) is 1.75. The molecular weight excluding hydrogens is 254 g/mol. The van der Waals surface area contributed by atoms with Gasteiger partial charge in [0.25, 0.3) is 0 Å². The van der Waals surface area contributed by atoms with Gasteiger partial charge in [-0.1, -0.05) is 12.8 Å². The summed E-state index contributed by atoms with van der Waals surface area (Å²) >= 11 is 0. The molecule has 0 aromatic rings. The number of hydrogen-bond acceptors (Lipinski definition) is 3. The molecule has 0 radical (unpaired) electrons. The van der Waals surface area contributed by atoms with Crippen molar-refractivity contribution in [2.75, 3.05) is 13.6 Å². The van der Waals surface area contributed by atoms with E-state index in [1.807, 2.05) is 13.8 Å². The number of fused-ring (bicyclic) bond motifs is 2. The van der Waals surface area contributed by atoms with E-state index < -0.39 is 11.0 Å². The third kappa shape index (κ3) is 2.82. The maximum Gasteiger partial charge on any atom is 0.239 e. The van der Waals surface area contributed by atoms with Crippen LogP contribution in [0.3, 0.4) is 0 Å². The fraction of sp³-hybridized carbons (Fsp3) is 0.867. The second-order valence-corrected chi connectivity index (χ2v) is 7.16. The number of primary amides is 1. The van der Waals surface area contributed by atoms with E-state index in [9.17, 15) is 9.59 Å². The summed E-state index contributed by atoms with van der Waals surface area (Å²) in [6.45, 7) is 4.02. The Morgan fingerprint density at radius 1 is 1.25 bits per heavy atom. The maximum absolute atomic E-state index is 12.2. The van der Waals surface area contributed by atoms with Crippen LogP contribution in [0.15, 0.2) is 0 Å². The van der Waals surface area contributed by atoms with Crippen LogP contribution in [0.25, 0.3) is 0 Å². The molecule has 5 heteroatoms.